The molecule has 1 aliphatic rings. The summed E-state index contributed by atoms with van der Waals surface area (Å²) in [6, 6.07) is 27.4. The maximum atomic E-state index is 12.6. The van der Waals surface area contributed by atoms with E-state index in [-0.39, 0.29) is 5.97 Å². The van der Waals surface area contributed by atoms with Gasteiger partial charge in [0.05, 0.1) is 5.56 Å². The third-order valence-electron chi connectivity index (χ3n) is 3.90. The average Bonchev–Trinajstić information content (AvgIpc) is 2.63. The van der Waals surface area contributed by atoms with E-state index in [0.717, 1.165) is 16.0 Å². The van der Waals surface area contributed by atoms with Gasteiger partial charge < -0.3 is 4.74 Å². The number of hydrogen-bond donors (Lipinski definition) is 0. The van der Waals surface area contributed by atoms with Crippen molar-refractivity contribution in [3.8, 4) is 0 Å². The van der Waals surface area contributed by atoms with E-state index >= 15 is 0 Å². The lowest BCUT2D eigenvalue weighted by Gasteiger charge is -2.37. The van der Waals surface area contributed by atoms with E-state index in [2.05, 4.69) is 0 Å². The Morgan fingerprint density at radius 1 is 0.696 bits per heavy atom. The molecule has 0 unspecified atom stereocenters. The van der Waals surface area contributed by atoms with Gasteiger partial charge in [-0.25, -0.2) is 4.79 Å². The first-order valence-electron chi connectivity index (χ1n) is 7.42. The number of ether oxygens (including phenoxy) is 1. The van der Waals surface area contributed by atoms with Gasteiger partial charge in [0, 0.05) is 16.0 Å². The second-order valence-corrected chi connectivity index (χ2v) is 6.56. The van der Waals surface area contributed by atoms with Crippen LogP contribution in [0.25, 0.3) is 0 Å². The highest BCUT2D eigenvalue weighted by Crippen LogP contribution is 2.51. The molecule has 1 aliphatic heterocycles. The van der Waals surface area contributed by atoms with Crippen molar-refractivity contribution in [1.29, 1.82) is 0 Å². The van der Waals surface area contributed by atoms with Gasteiger partial charge in [0.2, 0.25) is 4.93 Å². The molecular formula is C20H14O2S. The summed E-state index contributed by atoms with van der Waals surface area (Å²) < 4.78 is 6.00. The van der Waals surface area contributed by atoms with Crippen LogP contribution in [0.3, 0.4) is 0 Å². The first-order valence-corrected chi connectivity index (χ1v) is 8.24. The summed E-state index contributed by atoms with van der Waals surface area (Å²) in [6.07, 6.45) is 0. The molecule has 23 heavy (non-hydrogen) atoms. The first-order chi connectivity index (χ1) is 11.3. The van der Waals surface area contributed by atoms with Crippen molar-refractivity contribution in [1.82, 2.24) is 0 Å². The zero-order chi connectivity index (χ0) is 15.7. The standard InChI is InChI=1S/C20H14O2S/c21-19-17-13-7-8-14-18(17)23-20(22-19,15-9-3-1-4-10-15)16-11-5-2-6-12-16/h1-14H. The summed E-state index contributed by atoms with van der Waals surface area (Å²) in [7, 11) is 0. The van der Waals surface area contributed by atoms with Gasteiger partial charge >= 0.3 is 5.97 Å². The van der Waals surface area contributed by atoms with E-state index in [0.29, 0.717) is 5.56 Å². The lowest BCUT2D eigenvalue weighted by Crippen LogP contribution is -2.34. The second-order valence-electron chi connectivity index (χ2n) is 5.34. The van der Waals surface area contributed by atoms with E-state index in [4.69, 9.17) is 4.74 Å². The zero-order valence-corrected chi connectivity index (χ0v) is 13.1. The van der Waals surface area contributed by atoms with E-state index < -0.39 is 4.93 Å². The van der Waals surface area contributed by atoms with Gasteiger partial charge in [-0.05, 0) is 12.1 Å². The molecule has 0 spiro atoms. The lowest BCUT2D eigenvalue weighted by molar-refractivity contribution is 0.0271. The fraction of sp³-hybridized carbons (Fsp3) is 0.0500. The topological polar surface area (TPSA) is 26.3 Å². The van der Waals surface area contributed by atoms with Crippen LogP contribution in [0.5, 0.6) is 0 Å². The summed E-state index contributed by atoms with van der Waals surface area (Å²) in [6.45, 7) is 0. The molecule has 3 heteroatoms. The van der Waals surface area contributed by atoms with Crippen molar-refractivity contribution in [3.63, 3.8) is 0 Å². The molecule has 1 heterocycles. The van der Waals surface area contributed by atoms with Crippen molar-refractivity contribution in [2.45, 2.75) is 9.83 Å². The maximum Gasteiger partial charge on any atom is 0.341 e. The number of hydrogen-bond acceptors (Lipinski definition) is 3. The Kier molecular flexibility index (Phi) is 3.43. The minimum Gasteiger partial charge on any atom is -0.435 e. The number of benzene rings is 3. The van der Waals surface area contributed by atoms with Crippen LogP contribution in [0.15, 0.2) is 89.8 Å². The molecule has 3 aromatic rings. The zero-order valence-electron chi connectivity index (χ0n) is 12.3. The van der Waals surface area contributed by atoms with Crippen LogP contribution >= 0.6 is 11.8 Å². The van der Waals surface area contributed by atoms with Crippen LogP contribution in [0.2, 0.25) is 0 Å². The van der Waals surface area contributed by atoms with E-state index in [1.165, 1.54) is 0 Å². The third-order valence-corrected chi connectivity index (χ3v) is 5.32. The van der Waals surface area contributed by atoms with Crippen molar-refractivity contribution in [3.05, 3.63) is 102 Å². The Morgan fingerprint density at radius 2 is 1.22 bits per heavy atom. The molecule has 0 aliphatic carbocycles. The monoisotopic (exact) mass is 318 g/mol. The molecule has 0 radical (unpaired) electrons. The first kappa shape index (κ1) is 14.1. The minimum atomic E-state index is -0.853. The summed E-state index contributed by atoms with van der Waals surface area (Å²) >= 11 is 1.57. The molecule has 2 nitrogen and oxygen atoms in total. The quantitative estimate of drug-likeness (QED) is 0.632. The molecule has 4 rings (SSSR count). The predicted molar refractivity (Wildman–Crippen MR) is 91.4 cm³/mol. The van der Waals surface area contributed by atoms with Gasteiger partial charge in [-0.2, -0.15) is 0 Å². The summed E-state index contributed by atoms with van der Waals surface area (Å²) in [4.78, 5) is 12.7. The van der Waals surface area contributed by atoms with Crippen molar-refractivity contribution in [2.24, 2.45) is 0 Å². The number of esters is 1. The molecule has 0 bridgehead atoms. The predicted octanol–water partition coefficient (Wildman–Crippen LogP) is 4.85. The van der Waals surface area contributed by atoms with Gasteiger partial charge in [-0.15, -0.1) is 0 Å². The summed E-state index contributed by atoms with van der Waals surface area (Å²) in [5.41, 5.74) is 2.54. The van der Waals surface area contributed by atoms with Crippen LogP contribution in [0, 0.1) is 0 Å². The molecule has 0 aromatic heterocycles. The van der Waals surface area contributed by atoms with Gasteiger partial charge in [0.1, 0.15) is 0 Å². The van der Waals surface area contributed by atoms with Crippen LogP contribution in [-0.2, 0) is 9.67 Å². The number of carbonyl (C=O) groups excluding carboxylic acids is 1. The number of rotatable bonds is 2. The van der Waals surface area contributed by atoms with E-state index in [1.807, 2.05) is 84.9 Å². The van der Waals surface area contributed by atoms with E-state index in [1.54, 1.807) is 11.8 Å². The van der Waals surface area contributed by atoms with E-state index in [9.17, 15) is 4.79 Å². The minimum absolute atomic E-state index is 0.285. The normalized spacial score (nSPS) is 15.6. The summed E-state index contributed by atoms with van der Waals surface area (Å²) in [5.74, 6) is -0.285. The SMILES string of the molecule is O=C1OC(c2ccccc2)(c2ccccc2)Sc2ccccc21. The Hall–Kier alpha value is -2.52. The fourth-order valence-corrected chi connectivity index (χ4v) is 4.15. The third kappa shape index (κ3) is 2.34. The number of fused-ring (bicyclic) bond motifs is 1. The molecule has 0 saturated heterocycles. The van der Waals surface area contributed by atoms with Crippen molar-refractivity contribution in [2.75, 3.05) is 0 Å². The highest BCUT2D eigenvalue weighted by molar-refractivity contribution is 8.00. The molecule has 0 atom stereocenters. The van der Waals surface area contributed by atoms with Crippen LogP contribution in [0.4, 0.5) is 0 Å². The number of carbonyl (C=O) groups is 1. The molecule has 112 valence electrons. The molecule has 0 N–H and O–H groups in total. The van der Waals surface area contributed by atoms with Crippen molar-refractivity contribution < 1.29 is 9.53 Å². The average molecular weight is 318 g/mol. The highest BCUT2D eigenvalue weighted by Gasteiger charge is 2.44. The molecule has 0 amide bonds. The van der Waals surface area contributed by atoms with Crippen LogP contribution in [-0.4, -0.2) is 5.97 Å². The largest absolute Gasteiger partial charge is 0.435 e. The second kappa shape index (κ2) is 5.60. The molecular weight excluding hydrogens is 304 g/mol. The van der Waals surface area contributed by atoms with Gasteiger partial charge in [-0.1, -0.05) is 84.6 Å². The van der Waals surface area contributed by atoms with Gasteiger partial charge in [0.15, 0.2) is 0 Å². The molecule has 3 aromatic carbocycles. The smallest absolute Gasteiger partial charge is 0.341 e. The van der Waals surface area contributed by atoms with Gasteiger partial charge in [-0.3, -0.25) is 0 Å². The van der Waals surface area contributed by atoms with Crippen LogP contribution < -0.4 is 0 Å². The fourth-order valence-electron chi connectivity index (χ4n) is 2.80. The molecule has 0 saturated carbocycles. The van der Waals surface area contributed by atoms with Crippen LogP contribution in [0.1, 0.15) is 21.5 Å². The number of thioether (sulfide) groups is 1. The Bertz CT molecular complexity index is 804. The summed E-state index contributed by atoms with van der Waals surface area (Å²) in [5, 5.41) is 0. The van der Waals surface area contributed by atoms with Crippen molar-refractivity contribution >= 4 is 17.7 Å². The Balaban J connectivity index is 1.94. The maximum absolute atomic E-state index is 12.6. The number of cyclic esters (lactones) is 1. The Labute approximate surface area is 139 Å². The lowest BCUT2D eigenvalue weighted by atomic mass is 10.00. The highest BCUT2D eigenvalue weighted by atomic mass is 32.2. The Morgan fingerprint density at radius 3 is 1.83 bits per heavy atom. The van der Waals surface area contributed by atoms with Gasteiger partial charge in [0.25, 0.3) is 0 Å². The molecule has 0 fully saturated rings.